The first-order valence-corrected chi connectivity index (χ1v) is 12.4. The summed E-state index contributed by atoms with van der Waals surface area (Å²) in [5.41, 5.74) is 2.14. The lowest BCUT2D eigenvalue weighted by Crippen LogP contribution is -2.49. The molecule has 2 aliphatic rings. The van der Waals surface area contributed by atoms with Gasteiger partial charge in [-0.3, -0.25) is 14.5 Å². The van der Waals surface area contributed by atoms with Crippen LogP contribution in [-0.4, -0.2) is 52.8 Å². The van der Waals surface area contributed by atoms with Gasteiger partial charge in [-0.1, -0.05) is 51.1 Å². The second-order valence-corrected chi connectivity index (χ2v) is 11.2. The Morgan fingerprint density at radius 3 is 2.53 bits per heavy atom. The standard InChI is InChI=1S/C25H34N4O2S/c1-25(2,3)16-21(30)26-24-27-22-19(10-7-11-20(22)32-24)23(31)29-14-12-28(13-15-29)17-18-8-5-4-6-9-18/h4-6,8-9,19H,7,10-17H2,1-3H3,(H,26,27,30). The summed E-state index contributed by atoms with van der Waals surface area (Å²) in [6.07, 6.45) is 3.23. The second kappa shape index (κ2) is 9.71. The van der Waals surface area contributed by atoms with Crippen molar-refractivity contribution in [2.75, 3.05) is 31.5 Å². The summed E-state index contributed by atoms with van der Waals surface area (Å²) in [7, 11) is 0. The third-order valence-corrected chi connectivity index (χ3v) is 7.17. The highest BCUT2D eigenvalue weighted by atomic mass is 32.1. The van der Waals surface area contributed by atoms with Crippen LogP contribution >= 0.6 is 11.3 Å². The summed E-state index contributed by atoms with van der Waals surface area (Å²) in [6.45, 7) is 10.4. The lowest BCUT2D eigenvalue weighted by atomic mass is 9.89. The minimum Gasteiger partial charge on any atom is -0.340 e. The highest BCUT2D eigenvalue weighted by molar-refractivity contribution is 7.15. The number of hydrogen-bond acceptors (Lipinski definition) is 5. The fraction of sp³-hybridized carbons (Fsp3) is 0.560. The van der Waals surface area contributed by atoms with E-state index in [0.29, 0.717) is 11.6 Å². The van der Waals surface area contributed by atoms with Gasteiger partial charge in [-0.2, -0.15) is 0 Å². The number of hydrogen-bond donors (Lipinski definition) is 1. The summed E-state index contributed by atoms with van der Waals surface area (Å²) in [6, 6.07) is 10.5. The van der Waals surface area contributed by atoms with Crippen LogP contribution < -0.4 is 5.32 Å². The van der Waals surface area contributed by atoms with Gasteiger partial charge in [0.2, 0.25) is 11.8 Å². The lowest BCUT2D eigenvalue weighted by molar-refractivity contribution is -0.135. The van der Waals surface area contributed by atoms with Gasteiger partial charge in [0.15, 0.2) is 5.13 Å². The number of anilines is 1. The molecule has 7 heteroatoms. The molecule has 4 rings (SSSR count). The van der Waals surface area contributed by atoms with Crippen LogP contribution in [0.1, 0.15) is 62.1 Å². The van der Waals surface area contributed by atoms with E-state index in [-0.39, 0.29) is 23.1 Å². The molecule has 1 N–H and O–H groups in total. The van der Waals surface area contributed by atoms with Crippen LogP contribution in [0, 0.1) is 5.41 Å². The molecule has 0 saturated carbocycles. The summed E-state index contributed by atoms with van der Waals surface area (Å²) >= 11 is 1.54. The van der Waals surface area contributed by atoms with Gasteiger partial charge in [-0.25, -0.2) is 4.98 Å². The van der Waals surface area contributed by atoms with Gasteiger partial charge in [0, 0.05) is 44.0 Å². The Morgan fingerprint density at radius 2 is 1.84 bits per heavy atom. The van der Waals surface area contributed by atoms with E-state index in [0.717, 1.165) is 62.6 Å². The number of rotatable bonds is 5. The van der Waals surface area contributed by atoms with Gasteiger partial charge in [0.25, 0.3) is 0 Å². The van der Waals surface area contributed by atoms with Crippen LogP contribution in [-0.2, 0) is 22.6 Å². The predicted octanol–water partition coefficient (Wildman–Crippen LogP) is 4.28. The maximum absolute atomic E-state index is 13.4. The number of benzene rings is 1. The van der Waals surface area contributed by atoms with Crippen LogP contribution in [0.15, 0.2) is 30.3 Å². The Hall–Kier alpha value is -2.25. The molecule has 2 heterocycles. The van der Waals surface area contributed by atoms with Crippen molar-refractivity contribution in [3.63, 3.8) is 0 Å². The van der Waals surface area contributed by atoms with Crippen LogP contribution in [0.2, 0.25) is 0 Å². The third-order valence-electron chi connectivity index (χ3n) is 6.12. The van der Waals surface area contributed by atoms with Crippen molar-refractivity contribution >= 4 is 28.3 Å². The SMILES string of the molecule is CC(C)(C)CC(=O)Nc1nc2c(s1)CCCC2C(=O)N1CCN(Cc2ccccc2)CC1. The molecular weight excluding hydrogens is 420 g/mol. The zero-order valence-corrected chi connectivity index (χ0v) is 20.2. The molecule has 0 bridgehead atoms. The van der Waals surface area contributed by atoms with Crippen molar-refractivity contribution in [2.24, 2.45) is 5.41 Å². The minimum absolute atomic E-state index is 0.0130. The molecule has 1 aromatic carbocycles. The molecule has 1 aromatic heterocycles. The van der Waals surface area contributed by atoms with Crippen molar-refractivity contribution in [2.45, 2.75) is 58.9 Å². The number of carbonyl (C=O) groups is 2. The molecule has 6 nitrogen and oxygen atoms in total. The number of carbonyl (C=O) groups excluding carboxylic acids is 2. The van der Waals surface area contributed by atoms with Crippen molar-refractivity contribution in [3.05, 3.63) is 46.5 Å². The van der Waals surface area contributed by atoms with E-state index < -0.39 is 0 Å². The fourth-order valence-corrected chi connectivity index (χ4v) is 5.63. The summed E-state index contributed by atoms with van der Waals surface area (Å²) in [5.74, 6) is 0.00753. The first-order chi connectivity index (χ1) is 15.3. The molecule has 2 amide bonds. The molecule has 1 aliphatic carbocycles. The third kappa shape index (κ3) is 5.75. The van der Waals surface area contributed by atoms with E-state index >= 15 is 0 Å². The van der Waals surface area contributed by atoms with E-state index in [1.165, 1.54) is 16.9 Å². The van der Waals surface area contributed by atoms with Gasteiger partial charge in [-0.05, 0) is 30.2 Å². The Bertz CT molecular complexity index is 943. The number of thiazole rings is 1. The zero-order valence-electron chi connectivity index (χ0n) is 19.4. The van der Waals surface area contributed by atoms with Crippen LogP contribution in [0.25, 0.3) is 0 Å². The fourth-order valence-electron chi connectivity index (χ4n) is 4.55. The Labute approximate surface area is 195 Å². The van der Waals surface area contributed by atoms with E-state index in [2.05, 4.69) is 34.5 Å². The normalized spacial score (nSPS) is 19.5. The minimum atomic E-state index is -0.177. The molecule has 0 spiro atoms. The molecule has 1 fully saturated rings. The molecule has 2 aromatic rings. The molecule has 32 heavy (non-hydrogen) atoms. The number of piperazine rings is 1. The van der Waals surface area contributed by atoms with Gasteiger partial charge in [0.1, 0.15) is 0 Å². The van der Waals surface area contributed by atoms with Gasteiger partial charge < -0.3 is 10.2 Å². The van der Waals surface area contributed by atoms with Gasteiger partial charge in [0.05, 0.1) is 11.6 Å². The summed E-state index contributed by atoms with van der Waals surface area (Å²) in [5, 5.41) is 3.60. The largest absolute Gasteiger partial charge is 0.340 e. The number of fused-ring (bicyclic) bond motifs is 1. The average molecular weight is 455 g/mol. The smallest absolute Gasteiger partial charge is 0.231 e. The first kappa shape index (κ1) is 22.9. The van der Waals surface area contributed by atoms with Gasteiger partial charge >= 0.3 is 0 Å². The maximum atomic E-state index is 13.4. The molecule has 1 unspecified atom stereocenters. The van der Waals surface area contributed by atoms with Crippen LogP contribution in [0.4, 0.5) is 5.13 Å². The van der Waals surface area contributed by atoms with Crippen molar-refractivity contribution < 1.29 is 9.59 Å². The molecule has 1 atom stereocenters. The highest BCUT2D eigenvalue weighted by Gasteiger charge is 2.34. The molecule has 1 aliphatic heterocycles. The quantitative estimate of drug-likeness (QED) is 0.732. The highest BCUT2D eigenvalue weighted by Crippen LogP contribution is 2.38. The number of aryl methyl sites for hydroxylation is 1. The van der Waals surface area contributed by atoms with E-state index in [4.69, 9.17) is 4.98 Å². The lowest BCUT2D eigenvalue weighted by Gasteiger charge is -2.37. The van der Waals surface area contributed by atoms with Crippen molar-refractivity contribution in [1.82, 2.24) is 14.8 Å². The summed E-state index contributed by atoms with van der Waals surface area (Å²) in [4.78, 5) is 36.0. The Kier molecular flexibility index (Phi) is 6.96. The number of nitrogens with one attached hydrogen (secondary N) is 1. The van der Waals surface area contributed by atoms with Crippen molar-refractivity contribution in [1.29, 1.82) is 0 Å². The molecule has 0 radical (unpaired) electrons. The maximum Gasteiger partial charge on any atom is 0.231 e. The zero-order chi connectivity index (χ0) is 22.7. The Balaban J connectivity index is 1.36. The topological polar surface area (TPSA) is 65.5 Å². The number of nitrogens with zero attached hydrogens (tertiary/aromatic N) is 3. The van der Waals surface area contributed by atoms with Crippen LogP contribution in [0.3, 0.4) is 0 Å². The second-order valence-electron chi connectivity index (χ2n) is 10.1. The van der Waals surface area contributed by atoms with E-state index in [9.17, 15) is 9.59 Å². The predicted molar refractivity (Wildman–Crippen MR) is 129 cm³/mol. The average Bonchev–Trinajstić information content (AvgIpc) is 3.15. The first-order valence-electron chi connectivity index (χ1n) is 11.6. The van der Waals surface area contributed by atoms with Gasteiger partial charge in [-0.15, -0.1) is 11.3 Å². The number of amides is 2. The van der Waals surface area contributed by atoms with Crippen molar-refractivity contribution in [3.8, 4) is 0 Å². The van der Waals surface area contributed by atoms with Crippen LogP contribution in [0.5, 0.6) is 0 Å². The Morgan fingerprint density at radius 1 is 1.12 bits per heavy atom. The number of aromatic nitrogens is 1. The molecule has 1 saturated heterocycles. The monoisotopic (exact) mass is 454 g/mol. The molecular formula is C25H34N4O2S. The summed E-state index contributed by atoms with van der Waals surface area (Å²) < 4.78 is 0. The van der Waals surface area contributed by atoms with E-state index in [1.807, 2.05) is 31.7 Å². The van der Waals surface area contributed by atoms with E-state index in [1.54, 1.807) is 0 Å². The molecule has 172 valence electrons.